The smallest absolute Gasteiger partial charge is 0.0556 e. The van der Waals surface area contributed by atoms with Gasteiger partial charge in [-0.2, -0.15) is 0 Å². The van der Waals surface area contributed by atoms with Crippen LogP contribution in [0.1, 0.15) is 26.2 Å². The number of allylic oxidation sites excluding steroid dienone is 1. The van der Waals surface area contributed by atoms with E-state index in [1.165, 1.54) is 18.4 Å². The quantitative estimate of drug-likeness (QED) is 0.597. The molecule has 1 unspecified atom stereocenters. The molecule has 2 nitrogen and oxygen atoms in total. The molecule has 0 saturated carbocycles. The lowest BCUT2D eigenvalue weighted by Gasteiger charge is -2.21. The summed E-state index contributed by atoms with van der Waals surface area (Å²) in [4.78, 5) is 0. The predicted molar refractivity (Wildman–Crippen MR) is 46.5 cm³/mol. The van der Waals surface area contributed by atoms with Gasteiger partial charge >= 0.3 is 0 Å². The Morgan fingerprint density at radius 1 is 1.73 bits per heavy atom. The maximum Gasteiger partial charge on any atom is 0.0556 e. The van der Waals surface area contributed by atoms with Gasteiger partial charge in [-0.15, -0.1) is 0 Å². The second-order valence-corrected chi connectivity index (χ2v) is 3.20. The van der Waals surface area contributed by atoms with E-state index < -0.39 is 0 Å². The molecule has 0 radical (unpaired) electrons. The summed E-state index contributed by atoms with van der Waals surface area (Å²) in [7, 11) is 0. The normalized spacial score (nSPS) is 24.9. The average molecular weight is 155 g/mol. The maximum absolute atomic E-state index is 8.57. The minimum atomic E-state index is 0.249. The Morgan fingerprint density at radius 3 is 3.09 bits per heavy atom. The van der Waals surface area contributed by atoms with Crippen molar-refractivity contribution >= 4 is 0 Å². The molecule has 1 aliphatic carbocycles. The fraction of sp³-hybridized carbons (Fsp3) is 0.778. The summed E-state index contributed by atoms with van der Waals surface area (Å²) in [6, 6.07) is 0.603. The molecule has 0 saturated heterocycles. The molecule has 11 heavy (non-hydrogen) atoms. The van der Waals surface area contributed by atoms with Crippen molar-refractivity contribution in [2.75, 3.05) is 13.2 Å². The van der Waals surface area contributed by atoms with Crippen LogP contribution in [0.5, 0.6) is 0 Å². The zero-order valence-corrected chi connectivity index (χ0v) is 7.14. The molecule has 0 aromatic heterocycles. The molecular formula is C9H17NO. The topological polar surface area (TPSA) is 32.3 Å². The summed E-state index contributed by atoms with van der Waals surface area (Å²) in [6.07, 6.45) is 5.86. The van der Waals surface area contributed by atoms with E-state index >= 15 is 0 Å². The van der Waals surface area contributed by atoms with E-state index in [1.807, 2.05) is 0 Å². The SMILES string of the molecule is CC1=CCC(NCCO)CC1. The molecular weight excluding hydrogens is 138 g/mol. The van der Waals surface area contributed by atoms with Crippen molar-refractivity contribution < 1.29 is 5.11 Å². The van der Waals surface area contributed by atoms with Gasteiger partial charge in [0, 0.05) is 12.6 Å². The highest BCUT2D eigenvalue weighted by molar-refractivity contribution is 5.04. The van der Waals surface area contributed by atoms with Crippen LogP contribution < -0.4 is 5.32 Å². The maximum atomic E-state index is 8.57. The molecule has 0 aliphatic heterocycles. The van der Waals surface area contributed by atoms with E-state index in [9.17, 15) is 0 Å². The van der Waals surface area contributed by atoms with Gasteiger partial charge in [0.05, 0.1) is 6.61 Å². The second kappa shape index (κ2) is 4.52. The van der Waals surface area contributed by atoms with E-state index in [0.29, 0.717) is 6.04 Å². The zero-order valence-electron chi connectivity index (χ0n) is 7.14. The zero-order chi connectivity index (χ0) is 8.10. The number of nitrogens with one attached hydrogen (secondary N) is 1. The summed E-state index contributed by atoms with van der Waals surface area (Å²) in [5, 5.41) is 11.9. The molecule has 2 N–H and O–H groups in total. The summed E-state index contributed by atoms with van der Waals surface area (Å²) in [6.45, 7) is 3.17. The van der Waals surface area contributed by atoms with E-state index in [0.717, 1.165) is 13.0 Å². The van der Waals surface area contributed by atoms with Gasteiger partial charge in [-0.1, -0.05) is 11.6 Å². The van der Waals surface area contributed by atoms with E-state index in [1.54, 1.807) is 0 Å². The van der Waals surface area contributed by atoms with Crippen LogP contribution in [0.2, 0.25) is 0 Å². The first kappa shape index (κ1) is 8.75. The van der Waals surface area contributed by atoms with Crippen LogP contribution in [-0.4, -0.2) is 24.3 Å². The lowest BCUT2D eigenvalue weighted by Crippen LogP contribution is -2.32. The van der Waals surface area contributed by atoms with Crippen LogP contribution in [-0.2, 0) is 0 Å². The molecule has 0 amide bonds. The third-order valence-electron chi connectivity index (χ3n) is 2.18. The monoisotopic (exact) mass is 155 g/mol. The minimum Gasteiger partial charge on any atom is -0.395 e. The van der Waals surface area contributed by atoms with Gasteiger partial charge in [-0.25, -0.2) is 0 Å². The molecule has 0 fully saturated rings. The molecule has 1 rings (SSSR count). The Hall–Kier alpha value is -0.340. The first-order valence-electron chi connectivity index (χ1n) is 4.33. The molecule has 0 spiro atoms. The molecule has 0 bridgehead atoms. The van der Waals surface area contributed by atoms with Crippen LogP contribution in [0.4, 0.5) is 0 Å². The van der Waals surface area contributed by atoms with Gasteiger partial charge < -0.3 is 10.4 Å². The lowest BCUT2D eigenvalue weighted by atomic mass is 9.96. The molecule has 1 aliphatic rings. The van der Waals surface area contributed by atoms with E-state index in [4.69, 9.17) is 5.11 Å². The number of rotatable bonds is 3. The Morgan fingerprint density at radius 2 is 2.55 bits per heavy atom. The minimum absolute atomic E-state index is 0.249. The Bertz CT molecular complexity index is 142. The molecule has 0 aromatic carbocycles. The molecule has 2 heteroatoms. The van der Waals surface area contributed by atoms with Crippen molar-refractivity contribution in [1.82, 2.24) is 5.32 Å². The second-order valence-electron chi connectivity index (χ2n) is 3.20. The highest BCUT2D eigenvalue weighted by atomic mass is 16.3. The van der Waals surface area contributed by atoms with Gasteiger partial charge in [0.2, 0.25) is 0 Å². The molecule has 0 heterocycles. The molecule has 0 aromatic rings. The van der Waals surface area contributed by atoms with Crippen molar-refractivity contribution in [3.63, 3.8) is 0 Å². The van der Waals surface area contributed by atoms with Crippen LogP contribution in [0.3, 0.4) is 0 Å². The number of hydrogen-bond donors (Lipinski definition) is 2. The summed E-state index contributed by atoms with van der Waals surface area (Å²) < 4.78 is 0. The van der Waals surface area contributed by atoms with Gasteiger partial charge in [-0.3, -0.25) is 0 Å². The Labute approximate surface area is 68.3 Å². The van der Waals surface area contributed by atoms with Crippen LogP contribution >= 0.6 is 0 Å². The summed E-state index contributed by atoms with van der Waals surface area (Å²) in [5.74, 6) is 0. The predicted octanol–water partition coefficient (Wildman–Crippen LogP) is 1.07. The highest BCUT2D eigenvalue weighted by Crippen LogP contribution is 2.16. The van der Waals surface area contributed by atoms with Crippen molar-refractivity contribution in [3.05, 3.63) is 11.6 Å². The van der Waals surface area contributed by atoms with Crippen LogP contribution in [0.15, 0.2) is 11.6 Å². The Balaban J connectivity index is 2.18. The highest BCUT2D eigenvalue weighted by Gasteiger charge is 2.10. The van der Waals surface area contributed by atoms with Crippen molar-refractivity contribution in [2.45, 2.75) is 32.2 Å². The fourth-order valence-electron chi connectivity index (χ4n) is 1.42. The van der Waals surface area contributed by atoms with Gasteiger partial charge in [-0.05, 0) is 26.2 Å². The summed E-state index contributed by atoms with van der Waals surface area (Å²) in [5.41, 5.74) is 1.51. The number of hydrogen-bond acceptors (Lipinski definition) is 2. The molecule has 1 atom stereocenters. The summed E-state index contributed by atoms with van der Waals surface area (Å²) >= 11 is 0. The lowest BCUT2D eigenvalue weighted by molar-refractivity contribution is 0.281. The van der Waals surface area contributed by atoms with Gasteiger partial charge in [0.1, 0.15) is 0 Å². The molecule has 64 valence electrons. The standard InChI is InChI=1S/C9H17NO/c1-8-2-4-9(5-3-8)10-6-7-11/h2,9-11H,3-7H2,1H3. The van der Waals surface area contributed by atoms with Crippen molar-refractivity contribution in [1.29, 1.82) is 0 Å². The third-order valence-corrected chi connectivity index (χ3v) is 2.18. The average Bonchev–Trinajstić information content (AvgIpc) is 2.04. The van der Waals surface area contributed by atoms with Gasteiger partial charge in [0.15, 0.2) is 0 Å². The van der Waals surface area contributed by atoms with Crippen molar-refractivity contribution in [2.24, 2.45) is 0 Å². The Kier molecular flexibility index (Phi) is 3.60. The van der Waals surface area contributed by atoms with Gasteiger partial charge in [0.25, 0.3) is 0 Å². The largest absolute Gasteiger partial charge is 0.395 e. The first-order valence-corrected chi connectivity index (χ1v) is 4.33. The van der Waals surface area contributed by atoms with Crippen molar-refractivity contribution in [3.8, 4) is 0 Å². The third kappa shape index (κ3) is 3.04. The number of aliphatic hydroxyl groups excluding tert-OH is 1. The fourth-order valence-corrected chi connectivity index (χ4v) is 1.42. The number of aliphatic hydroxyl groups is 1. The first-order chi connectivity index (χ1) is 5.33. The van der Waals surface area contributed by atoms with E-state index in [-0.39, 0.29) is 6.61 Å². The van der Waals surface area contributed by atoms with Crippen LogP contribution in [0.25, 0.3) is 0 Å². The van der Waals surface area contributed by atoms with E-state index in [2.05, 4.69) is 18.3 Å². The van der Waals surface area contributed by atoms with Crippen LogP contribution in [0, 0.1) is 0 Å².